The zero-order valence-corrected chi connectivity index (χ0v) is 14.4. The van der Waals surface area contributed by atoms with Gasteiger partial charge in [0.05, 0.1) is 11.5 Å². The van der Waals surface area contributed by atoms with Gasteiger partial charge in [0.25, 0.3) is 0 Å². The Morgan fingerprint density at radius 2 is 1.30 bits per heavy atom. The van der Waals surface area contributed by atoms with E-state index in [1.165, 1.54) is 32.5 Å². The number of unbranched alkanes of at least 4 members (excludes halogenated alkanes) is 1. The number of hydrogen-bond donors (Lipinski definition) is 0. The highest BCUT2D eigenvalue weighted by Gasteiger charge is 2.15. The fraction of sp³-hybridized carbons (Fsp3) is 0.941. The molecule has 0 rings (SSSR count). The highest BCUT2D eigenvalue weighted by Crippen LogP contribution is 2.21. The Morgan fingerprint density at radius 3 is 1.80 bits per heavy atom. The summed E-state index contributed by atoms with van der Waals surface area (Å²) < 4.78 is 0. The predicted octanol–water partition coefficient (Wildman–Crippen LogP) is 3.76. The van der Waals surface area contributed by atoms with E-state index in [4.69, 9.17) is 5.26 Å². The third kappa shape index (κ3) is 9.34. The van der Waals surface area contributed by atoms with E-state index in [2.05, 4.69) is 36.6 Å². The Labute approximate surface area is 126 Å². The SMILES string of the molecule is CCN(CC)CCCN(CC)CCCCC(C)(C)C#N. The number of nitrogens with zero attached hydrogens (tertiary/aromatic N) is 3. The van der Waals surface area contributed by atoms with Gasteiger partial charge >= 0.3 is 0 Å². The summed E-state index contributed by atoms with van der Waals surface area (Å²) in [4.78, 5) is 5.03. The summed E-state index contributed by atoms with van der Waals surface area (Å²) in [7, 11) is 0. The van der Waals surface area contributed by atoms with Crippen LogP contribution in [-0.4, -0.2) is 49.1 Å². The lowest BCUT2D eigenvalue weighted by molar-refractivity contribution is 0.238. The molecule has 118 valence electrons. The molecule has 0 atom stereocenters. The average molecular weight is 281 g/mol. The third-order valence-electron chi connectivity index (χ3n) is 4.12. The lowest BCUT2D eigenvalue weighted by Gasteiger charge is -2.23. The Morgan fingerprint density at radius 1 is 0.800 bits per heavy atom. The lowest BCUT2D eigenvalue weighted by atomic mass is 9.89. The normalized spacial score (nSPS) is 12.1. The maximum absolute atomic E-state index is 9.00. The topological polar surface area (TPSA) is 30.3 Å². The van der Waals surface area contributed by atoms with Crippen molar-refractivity contribution in [2.45, 2.75) is 60.3 Å². The van der Waals surface area contributed by atoms with Crippen molar-refractivity contribution < 1.29 is 0 Å². The van der Waals surface area contributed by atoms with Crippen LogP contribution in [0.3, 0.4) is 0 Å². The zero-order valence-electron chi connectivity index (χ0n) is 14.4. The van der Waals surface area contributed by atoms with Crippen LogP contribution < -0.4 is 0 Å². The molecule has 20 heavy (non-hydrogen) atoms. The second kappa shape index (κ2) is 11.1. The maximum atomic E-state index is 9.00. The molecule has 0 aromatic carbocycles. The van der Waals surface area contributed by atoms with E-state index in [1.54, 1.807) is 0 Å². The first-order valence-corrected chi connectivity index (χ1v) is 8.35. The molecule has 3 nitrogen and oxygen atoms in total. The molecule has 3 heteroatoms. The molecule has 0 spiro atoms. The van der Waals surface area contributed by atoms with Crippen molar-refractivity contribution in [1.29, 1.82) is 5.26 Å². The maximum Gasteiger partial charge on any atom is 0.0683 e. The average Bonchev–Trinajstić information content (AvgIpc) is 2.45. The summed E-state index contributed by atoms with van der Waals surface area (Å²) in [6, 6.07) is 2.38. The molecule has 0 aliphatic rings. The Hall–Kier alpha value is -0.590. The van der Waals surface area contributed by atoms with Gasteiger partial charge in [0.1, 0.15) is 0 Å². The molecule has 0 bridgehead atoms. The second-order valence-corrected chi connectivity index (χ2v) is 6.27. The predicted molar refractivity (Wildman–Crippen MR) is 87.8 cm³/mol. The fourth-order valence-electron chi connectivity index (χ4n) is 2.44. The van der Waals surface area contributed by atoms with Crippen molar-refractivity contribution in [3.63, 3.8) is 0 Å². The molecule has 0 amide bonds. The van der Waals surface area contributed by atoms with E-state index < -0.39 is 0 Å². The van der Waals surface area contributed by atoms with Crippen LogP contribution in [0, 0.1) is 16.7 Å². The van der Waals surface area contributed by atoms with Gasteiger partial charge in [-0.05, 0) is 72.4 Å². The lowest BCUT2D eigenvalue weighted by Crippen LogP contribution is -2.30. The molecule has 0 heterocycles. The first-order chi connectivity index (χ1) is 9.49. The molecule has 0 saturated heterocycles. The highest BCUT2D eigenvalue weighted by atomic mass is 15.1. The van der Waals surface area contributed by atoms with Crippen LogP contribution in [0.15, 0.2) is 0 Å². The van der Waals surface area contributed by atoms with E-state index in [9.17, 15) is 0 Å². The smallest absolute Gasteiger partial charge is 0.0683 e. The van der Waals surface area contributed by atoms with Crippen molar-refractivity contribution >= 4 is 0 Å². The number of nitriles is 1. The van der Waals surface area contributed by atoms with Gasteiger partial charge in [-0.2, -0.15) is 5.26 Å². The quantitative estimate of drug-likeness (QED) is 0.510. The Balaban J connectivity index is 3.75. The molecule has 0 N–H and O–H groups in total. The van der Waals surface area contributed by atoms with Crippen LogP contribution in [0.4, 0.5) is 0 Å². The van der Waals surface area contributed by atoms with E-state index in [0.717, 1.165) is 32.5 Å². The summed E-state index contributed by atoms with van der Waals surface area (Å²) in [6.45, 7) is 17.8. The first-order valence-electron chi connectivity index (χ1n) is 8.35. The molecule has 0 fully saturated rings. The summed E-state index contributed by atoms with van der Waals surface area (Å²) in [6.07, 6.45) is 4.65. The van der Waals surface area contributed by atoms with Crippen LogP contribution in [0.1, 0.15) is 60.3 Å². The molecule has 0 saturated carbocycles. The summed E-state index contributed by atoms with van der Waals surface area (Å²) in [5.41, 5.74) is -0.153. The van der Waals surface area contributed by atoms with Crippen LogP contribution in [-0.2, 0) is 0 Å². The van der Waals surface area contributed by atoms with Crippen molar-refractivity contribution in [2.24, 2.45) is 5.41 Å². The monoisotopic (exact) mass is 281 g/mol. The van der Waals surface area contributed by atoms with Crippen LogP contribution >= 0.6 is 0 Å². The van der Waals surface area contributed by atoms with E-state index in [0.29, 0.717) is 0 Å². The van der Waals surface area contributed by atoms with E-state index in [-0.39, 0.29) is 5.41 Å². The van der Waals surface area contributed by atoms with Gasteiger partial charge in [-0.3, -0.25) is 0 Å². The summed E-state index contributed by atoms with van der Waals surface area (Å²) in [5, 5.41) is 9.00. The minimum Gasteiger partial charge on any atom is -0.304 e. The molecule has 0 aromatic rings. The minimum atomic E-state index is -0.153. The largest absolute Gasteiger partial charge is 0.304 e. The van der Waals surface area contributed by atoms with Crippen molar-refractivity contribution in [2.75, 3.05) is 39.3 Å². The molecule has 0 aliphatic carbocycles. The Bertz CT molecular complexity index is 264. The van der Waals surface area contributed by atoms with E-state index >= 15 is 0 Å². The third-order valence-corrected chi connectivity index (χ3v) is 4.12. The number of rotatable bonds is 12. The molecular formula is C17H35N3. The first kappa shape index (κ1) is 19.4. The van der Waals surface area contributed by atoms with Gasteiger partial charge in [0.15, 0.2) is 0 Å². The van der Waals surface area contributed by atoms with Crippen LogP contribution in [0.5, 0.6) is 0 Å². The standard InChI is InChI=1S/C17H35N3/c1-6-19(7-2)14-11-15-20(8-3)13-10-9-12-17(4,5)16-18/h6-15H2,1-5H3. The van der Waals surface area contributed by atoms with Crippen LogP contribution in [0.2, 0.25) is 0 Å². The molecular weight excluding hydrogens is 246 g/mol. The van der Waals surface area contributed by atoms with Gasteiger partial charge < -0.3 is 9.80 Å². The molecule has 0 radical (unpaired) electrons. The minimum absolute atomic E-state index is 0.153. The van der Waals surface area contributed by atoms with Gasteiger partial charge in [-0.1, -0.05) is 27.2 Å². The van der Waals surface area contributed by atoms with Crippen LogP contribution in [0.25, 0.3) is 0 Å². The van der Waals surface area contributed by atoms with Crippen molar-refractivity contribution in [3.05, 3.63) is 0 Å². The van der Waals surface area contributed by atoms with Gasteiger partial charge in [-0.25, -0.2) is 0 Å². The Kier molecular flexibility index (Phi) is 10.8. The van der Waals surface area contributed by atoms with E-state index in [1.807, 2.05) is 13.8 Å². The zero-order chi connectivity index (χ0) is 15.4. The van der Waals surface area contributed by atoms with Gasteiger partial charge in [-0.15, -0.1) is 0 Å². The number of hydrogen-bond acceptors (Lipinski definition) is 3. The molecule has 0 unspecified atom stereocenters. The van der Waals surface area contributed by atoms with Crippen molar-refractivity contribution in [1.82, 2.24) is 9.80 Å². The summed E-state index contributed by atoms with van der Waals surface area (Å²) >= 11 is 0. The molecule has 0 aliphatic heterocycles. The fourth-order valence-corrected chi connectivity index (χ4v) is 2.44. The second-order valence-electron chi connectivity index (χ2n) is 6.27. The summed E-state index contributed by atoms with van der Waals surface area (Å²) in [5.74, 6) is 0. The van der Waals surface area contributed by atoms with Gasteiger partial charge in [0.2, 0.25) is 0 Å². The van der Waals surface area contributed by atoms with Crippen molar-refractivity contribution in [3.8, 4) is 6.07 Å². The molecule has 0 aromatic heterocycles. The highest BCUT2D eigenvalue weighted by molar-refractivity contribution is 4.91. The van der Waals surface area contributed by atoms with Gasteiger partial charge in [0, 0.05) is 0 Å².